The number of alkyl halides is 6. The van der Waals surface area contributed by atoms with E-state index in [4.69, 9.17) is 0 Å². The van der Waals surface area contributed by atoms with Crippen molar-refractivity contribution in [3.05, 3.63) is 0 Å². The Labute approximate surface area is 128 Å². The molecule has 1 fully saturated rings. The lowest BCUT2D eigenvalue weighted by Gasteiger charge is -2.22. The van der Waals surface area contributed by atoms with Gasteiger partial charge in [0.25, 0.3) is 0 Å². The van der Waals surface area contributed by atoms with Crippen molar-refractivity contribution in [2.45, 2.75) is 25.2 Å². The zero-order valence-corrected chi connectivity index (χ0v) is 12.1. The first kappa shape index (κ1) is 19.5. The molecule has 11 heteroatoms. The highest BCUT2D eigenvalue weighted by molar-refractivity contribution is 5.82. The zero-order valence-electron chi connectivity index (χ0n) is 12.1. The Bertz CT molecular complexity index is 424. The maximum Gasteiger partial charge on any atom is 0.471 e. The van der Waals surface area contributed by atoms with E-state index in [1.807, 2.05) is 0 Å². The number of nitrogens with one attached hydrogen (secondary N) is 1. The Morgan fingerprint density at radius 2 is 1.57 bits per heavy atom. The first-order valence-corrected chi connectivity index (χ1v) is 6.95. The second-order valence-electron chi connectivity index (χ2n) is 5.09. The van der Waals surface area contributed by atoms with Crippen LogP contribution in [0.2, 0.25) is 0 Å². The molecule has 134 valence electrons. The molecule has 2 amide bonds. The highest BCUT2D eigenvalue weighted by Gasteiger charge is 2.42. The molecule has 1 aliphatic heterocycles. The average Bonchev–Trinajstić information content (AvgIpc) is 2.66. The van der Waals surface area contributed by atoms with Crippen molar-refractivity contribution in [2.75, 3.05) is 39.3 Å². The van der Waals surface area contributed by atoms with Gasteiger partial charge in [0, 0.05) is 26.2 Å². The van der Waals surface area contributed by atoms with E-state index in [0.29, 0.717) is 19.5 Å². The van der Waals surface area contributed by atoms with E-state index in [1.54, 1.807) is 10.2 Å². The molecule has 1 N–H and O–H groups in total. The summed E-state index contributed by atoms with van der Waals surface area (Å²) in [4.78, 5) is 24.2. The van der Waals surface area contributed by atoms with Gasteiger partial charge in [-0.1, -0.05) is 0 Å². The fourth-order valence-electron chi connectivity index (χ4n) is 2.18. The van der Waals surface area contributed by atoms with E-state index in [0.717, 1.165) is 4.90 Å². The van der Waals surface area contributed by atoms with Crippen molar-refractivity contribution in [3.8, 4) is 0 Å². The normalized spacial score (nSPS) is 17.7. The quantitative estimate of drug-likeness (QED) is 0.612. The van der Waals surface area contributed by atoms with Gasteiger partial charge in [-0.2, -0.15) is 26.3 Å². The summed E-state index contributed by atoms with van der Waals surface area (Å²) in [6.45, 7) is 0.684. The van der Waals surface area contributed by atoms with Gasteiger partial charge in [-0.05, 0) is 25.9 Å². The molecule has 0 unspecified atom stereocenters. The number of halogens is 6. The van der Waals surface area contributed by atoms with E-state index in [-0.39, 0.29) is 32.6 Å². The summed E-state index contributed by atoms with van der Waals surface area (Å²) in [5.41, 5.74) is 0. The van der Waals surface area contributed by atoms with E-state index in [1.165, 1.54) is 0 Å². The number of amides is 2. The smallest absolute Gasteiger partial charge is 0.348 e. The molecular weight excluding hydrogens is 332 g/mol. The third-order valence-electron chi connectivity index (χ3n) is 3.31. The van der Waals surface area contributed by atoms with Gasteiger partial charge < -0.3 is 15.1 Å². The SMILES string of the molecule is O=C(NCCCN1CCCN(C(=O)C(F)(F)F)CC1)C(F)(F)F. The first-order valence-electron chi connectivity index (χ1n) is 6.95. The Morgan fingerprint density at radius 1 is 0.913 bits per heavy atom. The van der Waals surface area contributed by atoms with Crippen molar-refractivity contribution in [3.63, 3.8) is 0 Å². The summed E-state index contributed by atoms with van der Waals surface area (Å²) in [7, 11) is 0. The van der Waals surface area contributed by atoms with Crippen LogP contribution >= 0.6 is 0 Å². The third kappa shape index (κ3) is 6.63. The van der Waals surface area contributed by atoms with E-state index < -0.39 is 24.2 Å². The Hall–Kier alpha value is -1.52. The highest BCUT2D eigenvalue weighted by Crippen LogP contribution is 2.19. The number of nitrogens with zero attached hydrogens (tertiary/aromatic N) is 2. The molecule has 5 nitrogen and oxygen atoms in total. The van der Waals surface area contributed by atoms with Crippen LogP contribution in [-0.4, -0.2) is 73.2 Å². The molecule has 0 radical (unpaired) electrons. The molecule has 1 aliphatic rings. The minimum atomic E-state index is -4.93. The summed E-state index contributed by atoms with van der Waals surface area (Å²) in [6, 6.07) is 0. The second-order valence-corrected chi connectivity index (χ2v) is 5.09. The van der Waals surface area contributed by atoms with Gasteiger partial charge >= 0.3 is 24.2 Å². The van der Waals surface area contributed by atoms with Crippen LogP contribution in [0.4, 0.5) is 26.3 Å². The van der Waals surface area contributed by atoms with Crippen LogP contribution in [0.3, 0.4) is 0 Å². The van der Waals surface area contributed by atoms with Gasteiger partial charge in [-0.3, -0.25) is 9.59 Å². The van der Waals surface area contributed by atoms with Crippen LogP contribution in [0, 0.1) is 0 Å². The topological polar surface area (TPSA) is 52.7 Å². The maximum absolute atomic E-state index is 12.3. The Balaban J connectivity index is 2.31. The summed E-state index contributed by atoms with van der Waals surface area (Å²) in [6.07, 6.45) is -9.26. The van der Waals surface area contributed by atoms with Crippen LogP contribution in [0.15, 0.2) is 0 Å². The number of carbonyl (C=O) groups is 2. The fourth-order valence-corrected chi connectivity index (χ4v) is 2.18. The second kappa shape index (κ2) is 7.84. The standard InChI is InChI=1S/C12H17F6N3O2/c13-11(14,15)9(22)19-3-1-4-20-5-2-6-21(8-7-20)10(23)12(16,17)18/h1-8H2,(H,19,22). The first-order chi connectivity index (χ1) is 10.5. The summed E-state index contributed by atoms with van der Waals surface area (Å²) in [5.74, 6) is -3.90. The molecule has 1 heterocycles. The number of hydrogen-bond acceptors (Lipinski definition) is 3. The number of hydrogen-bond donors (Lipinski definition) is 1. The van der Waals surface area contributed by atoms with E-state index in [2.05, 4.69) is 0 Å². The van der Waals surface area contributed by atoms with Crippen LogP contribution in [0.5, 0.6) is 0 Å². The molecule has 0 atom stereocenters. The molecule has 0 aromatic heterocycles. The van der Waals surface area contributed by atoms with Crippen molar-refractivity contribution >= 4 is 11.8 Å². The lowest BCUT2D eigenvalue weighted by atomic mass is 10.3. The van der Waals surface area contributed by atoms with Crippen molar-refractivity contribution in [2.24, 2.45) is 0 Å². The Morgan fingerprint density at radius 3 is 2.13 bits per heavy atom. The predicted octanol–water partition coefficient (Wildman–Crippen LogP) is 1.15. The summed E-state index contributed by atoms with van der Waals surface area (Å²) < 4.78 is 72.9. The minimum absolute atomic E-state index is 0.0142. The molecular formula is C12H17F6N3O2. The lowest BCUT2D eigenvalue weighted by molar-refractivity contribution is -0.185. The molecule has 0 bridgehead atoms. The average molecular weight is 349 g/mol. The van der Waals surface area contributed by atoms with Gasteiger partial charge in [0.1, 0.15) is 0 Å². The van der Waals surface area contributed by atoms with Gasteiger partial charge in [-0.15, -0.1) is 0 Å². The lowest BCUT2D eigenvalue weighted by Crippen LogP contribution is -2.43. The fraction of sp³-hybridized carbons (Fsp3) is 0.833. The monoisotopic (exact) mass is 349 g/mol. The predicted molar refractivity (Wildman–Crippen MR) is 67.4 cm³/mol. The van der Waals surface area contributed by atoms with E-state index in [9.17, 15) is 35.9 Å². The van der Waals surface area contributed by atoms with Gasteiger partial charge in [0.2, 0.25) is 0 Å². The van der Waals surface area contributed by atoms with Gasteiger partial charge in [0.05, 0.1) is 0 Å². The minimum Gasteiger partial charge on any atom is -0.348 e. The summed E-state index contributed by atoms with van der Waals surface area (Å²) >= 11 is 0. The highest BCUT2D eigenvalue weighted by atomic mass is 19.4. The molecule has 0 aromatic rings. The van der Waals surface area contributed by atoms with Gasteiger partial charge in [0.15, 0.2) is 0 Å². The third-order valence-corrected chi connectivity index (χ3v) is 3.31. The number of carbonyl (C=O) groups excluding carboxylic acids is 2. The molecule has 0 spiro atoms. The number of rotatable bonds is 4. The van der Waals surface area contributed by atoms with Crippen molar-refractivity contribution in [1.82, 2.24) is 15.1 Å². The molecule has 0 aromatic carbocycles. The molecule has 0 aliphatic carbocycles. The van der Waals surface area contributed by atoms with Crippen LogP contribution in [-0.2, 0) is 9.59 Å². The Kier molecular flexibility index (Phi) is 6.66. The molecule has 23 heavy (non-hydrogen) atoms. The van der Waals surface area contributed by atoms with E-state index >= 15 is 0 Å². The molecule has 1 saturated heterocycles. The van der Waals surface area contributed by atoms with Gasteiger partial charge in [-0.25, -0.2) is 0 Å². The van der Waals surface area contributed by atoms with Crippen LogP contribution in [0.25, 0.3) is 0 Å². The van der Waals surface area contributed by atoms with Crippen molar-refractivity contribution in [1.29, 1.82) is 0 Å². The molecule has 1 rings (SSSR count). The maximum atomic E-state index is 12.3. The molecule has 0 saturated carbocycles. The zero-order chi connectivity index (χ0) is 17.7. The van der Waals surface area contributed by atoms with Crippen LogP contribution in [0.1, 0.15) is 12.8 Å². The van der Waals surface area contributed by atoms with Crippen LogP contribution < -0.4 is 5.32 Å². The van der Waals surface area contributed by atoms with Crippen molar-refractivity contribution < 1.29 is 35.9 Å². The largest absolute Gasteiger partial charge is 0.471 e. The summed E-state index contributed by atoms with van der Waals surface area (Å²) in [5, 5.41) is 1.72.